The summed E-state index contributed by atoms with van der Waals surface area (Å²) >= 11 is 0. The van der Waals surface area contributed by atoms with Crippen LogP contribution in [0.3, 0.4) is 0 Å². The Labute approximate surface area is 163 Å². The minimum absolute atomic E-state index is 0. The summed E-state index contributed by atoms with van der Waals surface area (Å²) in [6, 6.07) is 4.18. The number of aromatic nitrogens is 1. The zero-order valence-corrected chi connectivity index (χ0v) is 16.9. The number of hydrogen-bond acceptors (Lipinski definition) is 3. The van der Waals surface area contributed by atoms with Crippen molar-refractivity contribution >= 4 is 29.9 Å². The summed E-state index contributed by atoms with van der Waals surface area (Å²) in [6.45, 7) is 7.09. The zero-order chi connectivity index (χ0) is 17.5. The van der Waals surface area contributed by atoms with Crippen molar-refractivity contribution in [2.24, 2.45) is 4.99 Å². The molecule has 25 heavy (non-hydrogen) atoms. The van der Waals surface area contributed by atoms with Gasteiger partial charge in [0.25, 0.3) is 0 Å². The summed E-state index contributed by atoms with van der Waals surface area (Å²) in [5.41, 5.74) is 1.18. The molecule has 0 aliphatic rings. The lowest BCUT2D eigenvalue weighted by Gasteiger charge is -2.11. The first-order valence-electron chi connectivity index (χ1n) is 7.89. The van der Waals surface area contributed by atoms with Crippen molar-refractivity contribution in [2.75, 3.05) is 13.1 Å². The first-order valence-corrected chi connectivity index (χ1v) is 7.89. The van der Waals surface area contributed by atoms with E-state index in [9.17, 15) is 8.78 Å². The standard InChI is InChI=1S/C17H22F2N4O.HI/c1-4-20-17(22-10-15-23-11(2)12(3)24-15)21-9-8-13-6-5-7-14(18)16(13)19;/h5-7H,4,8-10H2,1-3H3,(H2,20,21,22);1H. The van der Waals surface area contributed by atoms with Crippen molar-refractivity contribution in [3.8, 4) is 0 Å². The van der Waals surface area contributed by atoms with E-state index < -0.39 is 11.6 Å². The number of rotatable bonds is 6. The highest BCUT2D eigenvalue weighted by Gasteiger charge is 2.08. The van der Waals surface area contributed by atoms with E-state index in [0.29, 0.717) is 43.5 Å². The molecule has 1 aromatic heterocycles. The zero-order valence-electron chi connectivity index (χ0n) is 14.5. The molecule has 0 saturated carbocycles. The molecule has 8 heteroatoms. The highest BCUT2D eigenvalue weighted by molar-refractivity contribution is 14.0. The van der Waals surface area contributed by atoms with Crippen molar-refractivity contribution in [2.45, 2.75) is 33.7 Å². The second kappa shape index (κ2) is 10.3. The quantitative estimate of drug-likeness (QED) is 0.391. The van der Waals surface area contributed by atoms with Crippen LogP contribution in [0.4, 0.5) is 8.78 Å². The number of nitrogens with zero attached hydrogens (tertiary/aromatic N) is 2. The molecule has 0 bridgehead atoms. The average molecular weight is 464 g/mol. The smallest absolute Gasteiger partial charge is 0.216 e. The molecule has 2 rings (SSSR count). The van der Waals surface area contributed by atoms with E-state index in [-0.39, 0.29) is 24.0 Å². The van der Waals surface area contributed by atoms with Gasteiger partial charge in [0, 0.05) is 13.1 Å². The number of benzene rings is 1. The fourth-order valence-corrected chi connectivity index (χ4v) is 2.15. The highest BCUT2D eigenvalue weighted by Crippen LogP contribution is 2.11. The fourth-order valence-electron chi connectivity index (χ4n) is 2.15. The molecule has 1 aromatic carbocycles. The summed E-state index contributed by atoms with van der Waals surface area (Å²) in [5, 5.41) is 6.18. The van der Waals surface area contributed by atoms with Crippen LogP contribution in [0.25, 0.3) is 0 Å². The summed E-state index contributed by atoms with van der Waals surface area (Å²) in [6.07, 6.45) is 0.352. The van der Waals surface area contributed by atoms with E-state index in [1.807, 2.05) is 20.8 Å². The fraction of sp³-hybridized carbons (Fsp3) is 0.412. The van der Waals surface area contributed by atoms with Gasteiger partial charge in [0.2, 0.25) is 5.89 Å². The minimum Gasteiger partial charge on any atom is -0.444 e. The lowest BCUT2D eigenvalue weighted by Crippen LogP contribution is -2.38. The van der Waals surface area contributed by atoms with E-state index in [1.165, 1.54) is 6.07 Å². The number of nitrogens with one attached hydrogen (secondary N) is 2. The Hall–Kier alpha value is -1.71. The molecule has 0 radical (unpaired) electrons. The van der Waals surface area contributed by atoms with Gasteiger partial charge >= 0.3 is 0 Å². The van der Waals surface area contributed by atoms with Crippen molar-refractivity contribution in [1.82, 2.24) is 15.6 Å². The number of guanidine groups is 1. The summed E-state index contributed by atoms with van der Waals surface area (Å²) in [7, 11) is 0. The average Bonchev–Trinajstić information content (AvgIpc) is 2.87. The Balaban J connectivity index is 0.00000312. The van der Waals surface area contributed by atoms with E-state index in [1.54, 1.807) is 6.07 Å². The Morgan fingerprint density at radius 2 is 2.00 bits per heavy atom. The van der Waals surface area contributed by atoms with Gasteiger partial charge < -0.3 is 15.1 Å². The van der Waals surface area contributed by atoms with E-state index >= 15 is 0 Å². The molecule has 0 aliphatic carbocycles. The third-order valence-corrected chi connectivity index (χ3v) is 3.51. The van der Waals surface area contributed by atoms with Gasteiger partial charge in [0.15, 0.2) is 17.6 Å². The molecule has 138 valence electrons. The van der Waals surface area contributed by atoms with Gasteiger partial charge in [0.1, 0.15) is 12.3 Å². The van der Waals surface area contributed by atoms with Crippen LogP contribution in [0.15, 0.2) is 27.6 Å². The topological polar surface area (TPSA) is 62.5 Å². The summed E-state index contributed by atoms with van der Waals surface area (Å²) in [5.74, 6) is 0.260. The predicted molar refractivity (Wildman–Crippen MR) is 104 cm³/mol. The molecular formula is C17H23F2IN4O. The third kappa shape index (κ3) is 6.26. The molecule has 1 heterocycles. The van der Waals surface area contributed by atoms with Gasteiger partial charge in [-0.1, -0.05) is 12.1 Å². The number of hydrogen-bond donors (Lipinski definition) is 2. The van der Waals surface area contributed by atoms with Gasteiger partial charge in [-0.05, 0) is 38.8 Å². The highest BCUT2D eigenvalue weighted by atomic mass is 127. The Morgan fingerprint density at radius 3 is 2.64 bits per heavy atom. The minimum atomic E-state index is -0.831. The molecule has 2 aromatic rings. The molecule has 0 unspecified atom stereocenters. The lowest BCUT2D eigenvalue weighted by molar-refractivity contribution is 0.472. The van der Waals surface area contributed by atoms with Crippen LogP contribution >= 0.6 is 24.0 Å². The lowest BCUT2D eigenvalue weighted by atomic mass is 10.1. The Kier molecular flexibility index (Phi) is 8.81. The van der Waals surface area contributed by atoms with Crippen molar-refractivity contribution in [1.29, 1.82) is 0 Å². The Bertz CT molecular complexity index is 699. The molecule has 2 N–H and O–H groups in total. The van der Waals surface area contributed by atoms with Gasteiger partial charge in [-0.3, -0.25) is 0 Å². The summed E-state index contributed by atoms with van der Waals surface area (Å²) < 4.78 is 32.3. The SMILES string of the molecule is CCNC(=NCc1nc(C)c(C)o1)NCCc1cccc(F)c1F.I. The van der Waals surface area contributed by atoms with Crippen LogP contribution in [0.1, 0.15) is 29.8 Å². The second-order valence-electron chi connectivity index (χ2n) is 5.33. The monoisotopic (exact) mass is 464 g/mol. The molecule has 0 amide bonds. The van der Waals surface area contributed by atoms with Gasteiger partial charge in [0.05, 0.1) is 5.69 Å². The summed E-state index contributed by atoms with van der Waals surface area (Å²) in [4.78, 5) is 8.65. The predicted octanol–water partition coefficient (Wildman–Crippen LogP) is 3.49. The number of aryl methyl sites for hydroxylation is 2. The normalized spacial score (nSPS) is 11.2. The Morgan fingerprint density at radius 1 is 1.24 bits per heavy atom. The van der Waals surface area contributed by atoms with Crippen LogP contribution in [-0.2, 0) is 13.0 Å². The molecule has 0 saturated heterocycles. The van der Waals surface area contributed by atoms with E-state index in [2.05, 4.69) is 20.6 Å². The van der Waals surface area contributed by atoms with Crippen LogP contribution in [0.5, 0.6) is 0 Å². The maximum Gasteiger partial charge on any atom is 0.216 e. The van der Waals surface area contributed by atoms with Crippen LogP contribution < -0.4 is 10.6 Å². The molecular weight excluding hydrogens is 441 g/mol. The number of halogens is 3. The maximum atomic E-state index is 13.6. The van der Waals surface area contributed by atoms with Crippen LogP contribution in [-0.4, -0.2) is 24.0 Å². The van der Waals surface area contributed by atoms with Crippen LogP contribution in [0, 0.1) is 25.5 Å². The third-order valence-electron chi connectivity index (χ3n) is 3.51. The van der Waals surface area contributed by atoms with Gasteiger partial charge in [-0.25, -0.2) is 18.8 Å². The van der Waals surface area contributed by atoms with Crippen molar-refractivity contribution in [3.05, 3.63) is 52.7 Å². The molecule has 0 atom stereocenters. The molecule has 0 fully saturated rings. The van der Waals surface area contributed by atoms with Gasteiger partial charge in [-0.15, -0.1) is 24.0 Å². The largest absolute Gasteiger partial charge is 0.444 e. The van der Waals surface area contributed by atoms with Crippen LogP contribution in [0.2, 0.25) is 0 Å². The van der Waals surface area contributed by atoms with E-state index in [4.69, 9.17) is 4.42 Å². The van der Waals surface area contributed by atoms with Crippen molar-refractivity contribution < 1.29 is 13.2 Å². The second-order valence-corrected chi connectivity index (χ2v) is 5.33. The first-order chi connectivity index (χ1) is 11.5. The molecule has 5 nitrogen and oxygen atoms in total. The molecule has 0 spiro atoms. The first kappa shape index (κ1) is 21.3. The van der Waals surface area contributed by atoms with Crippen molar-refractivity contribution in [3.63, 3.8) is 0 Å². The molecule has 0 aliphatic heterocycles. The number of aliphatic imine (C=N–C) groups is 1. The maximum absolute atomic E-state index is 13.6. The van der Waals surface area contributed by atoms with Gasteiger partial charge in [-0.2, -0.15) is 0 Å². The van der Waals surface area contributed by atoms with E-state index in [0.717, 1.165) is 17.5 Å². The number of oxazole rings is 1.